The number of hydrogen-bond donors (Lipinski definition) is 1. The van der Waals surface area contributed by atoms with Crippen molar-refractivity contribution >= 4 is 23.3 Å². The molecule has 7 heteroatoms. The van der Waals surface area contributed by atoms with E-state index in [9.17, 15) is 4.79 Å². The van der Waals surface area contributed by atoms with Crippen molar-refractivity contribution < 1.29 is 19.0 Å². The van der Waals surface area contributed by atoms with Crippen LogP contribution in [0.4, 0.5) is 0 Å². The molecule has 2 aromatic carbocycles. The summed E-state index contributed by atoms with van der Waals surface area (Å²) in [6.07, 6.45) is 3.96. The highest BCUT2D eigenvalue weighted by molar-refractivity contribution is 7.09. The van der Waals surface area contributed by atoms with Gasteiger partial charge in [0.2, 0.25) is 11.7 Å². The number of thiazole rings is 1. The molecule has 1 heterocycles. The maximum atomic E-state index is 12.2. The predicted molar refractivity (Wildman–Crippen MR) is 124 cm³/mol. The molecule has 0 radical (unpaired) electrons. The average Bonchev–Trinajstić information content (AvgIpc) is 3.23. The van der Waals surface area contributed by atoms with Gasteiger partial charge in [-0.05, 0) is 42.7 Å². The van der Waals surface area contributed by atoms with E-state index in [1.54, 1.807) is 50.9 Å². The number of ether oxygens (including phenoxy) is 3. The molecule has 1 aromatic heterocycles. The van der Waals surface area contributed by atoms with Crippen LogP contribution in [0.1, 0.15) is 16.1 Å². The highest BCUT2D eigenvalue weighted by Gasteiger charge is 2.12. The molecule has 0 unspecified atom stereocenters. The quantitative estimate of drug-likeness (QED) is 0.498. The third kappa shape index (κ3) is 5.86. The minimum atomic E-state index is -0.164. The first-order valence-electron chi connectivity index (χ1n) is 9.81. The van der Waals surface area contributed by atoms with Gasteiger partial charge in [0, 0.05) is 23.6 Å². The summed E-state index contributed by atoms with van der Waals surface area (Å²) in [6.45, 7) is 2.55. The van der Waals surface area contributed by atoms with Gasteiger partial charge in [0.25, 0.3) is 0 Å². The molecule has 1 N–H and O–H groups in total. The molecule has 0 bridgehead atoms. The Bertz CT molecular complexity index is 1030. The van der Waals surface area contributed by atoms with Gasteiger partial charge in [0.05, 0.1) is 32.0 Å². The smallest absolute Gasteiger partial charge is 0.244 e. The fraction of sp³-hybridized carbons (Fsp3) is 0.250. The highest BCUT2D eigenvalue weighted by Crippen LogP contribution is 2.38. The van der Waals surface area contributed by atoms with E-state index in [4.69, 9.17) is 14.2 Å². The monoisotopic (exact) mass is 438 g/mol. The number of hydrogen-bond acceptors (Lipinski definition) is 6. The lowest BCUT2D eigenvalue weighted by Gasteiger charge is -2.12. The average molecular weight is 439 g/mol. The van der Waals surface area contributed by atoms with E-state index in [0.717, 1.165) is 33.8 Å². The van der Waals surface area contributed by atoms with Gasteiger partial charge in [-0.15, -0.1) is 11.3 Å². The molecular weight excluding hydrogens is 412 g/mol. The largest absolute Gasteiger partial charge is 0.493 e. The predicted octanol–water partition coefficient (Wildman–Crippen LogP) is 4.52. The van der Waals surface area contributed by atoms with Gasteiger partial charge in [-0.3, -0.25) is 4.79 Å². The van der Waals surface area contributed by atoms with Crippen molar-refractivity contribution in [2.75, 3.05) is 27.9 Å². The number of aryl methyl sites for hydroxylation is 1. The number of benzene rings is 2. The number of nitrogens with zero attached hydrogens (tertiary/aromatic N) is 1. The highest BCUT2D eigenvalue weighted by atomic mass is 32.1. The van der Waals surface area contributed by atoms with Crippen molar-refractivity contribution in [1.82, 2.24) is 10.3 Å². The summed E-state index contributed by atoms with van der Waals surface area (Å²) in [5, 5.41) is 6.02. The normalized spacial score (nSPS) is 10.8. The van der Waals surface area contributed by atoms with E-state index < -0.39 is 0 Å². The zero-order valence-electron chi connectivity index (χ0n) is 18.1. The molecule has 0 aliphatic heterocycles. The van der Waals surface area contributed by atoms with Crippen LogP contribution in [0, 0.1) is 6.92 Å². The summed E-state index contributed by atoms with van der Waals surface area (Å²) >= 11 is 1.64. The summed E-state index contributed by atoms with van der Waals surface area (Å²) in [7, 11) is 4.67. The number of carbonyl (C=O) groups excluding carboxylic acids is 1. The van der Waals surface area contributed by atoms with Gasteiger partial charge in [-0.1, -0.05) is 24.3 Å². The zero-order chi connectivity index (χ0) is 22.2. The molecule has 0 aliphatic carbocycles. The van der Waals surface area contributed by atoms with E-state index in [0.29, 0.717) is 23.8 Å². The van der Waals surface area contributed by atoms with Gasteiger partial charge in [-0.2, -0.15) is 0 Å². The third-order valence-electron chi connectivity index (χ3n) is 4.70. The summed E-state index contributed by atoms with van der Waals surface area (Å²) < 4.78 is 16.0. The zero-order valence-corrected chi connectivity index (χ0v) is 18.9. The van der Waals surface area contributed by atoms with Crippen molar-refractivity contribution in [1.29, 1.82) is 0 Å². The van der Waals surface area contributed by atoms with E-state index in [1.165, 1.54) is 6.08 Å². The molecule has 0 fully saturated rings. The molecule has 31 heavy (non-hydrogen) atoms. The molecule has 0 saturated heterocycles. The van der Waals surface area contributed by atoms with Crippen LogP contribution in [0.3, 0.4) is 0 Å². The molecule has 6 nitrogen and oxygen atoms in total. The van der Waals surface area contributed by atoms with Crippen molar-refractivity contribution in [2.45, 2.75) is 13.3 Å². The van der Waals surface area contributed by atoms with Crippen LogP contribution >= 0.6 is 11.3 Å². The van der Waals surface area contributed by atoms with Crippen LogP contribution in [-0.4, -0.2) is 38.8 Å². The number of nitrogens with one attached hydrogen (secondary N) is 1. The van der Waals surface area contributed by atoms with Gasteiger partial charge in [0.1, 0.15) is 0 Å². The lowest BCUT2D eigenvalue weighted by atomic mass is 10.1. The second kappa shape index (κ2) is 10.6. The molecule has 0 atom stereocenters. The Morgan fingerprint density at radius 2 is 1.74 bits per heavy atom. The van der Waals surface area contributed by atoms with Crippen LogP contribution in [0.25, 0.3) is 17.3 Å². The van der Waals surface area contributed by atoms with E-state index in [1.807, 2.05) is 6.92 Å². The molecule has 162 valence electrons. The molecule has 0 aliphatic rings. The van der Waals surface area contributed by atoms with Gasteiger partial charge < -0.3 is 19.5 Å². The maximum Gasteiger partial charge on any atom is 0.244 e. The Morgan fingerprint density at radius 1 is 1.06 bits per heavy atom. The first kappa shape index (κ1) is 22.4. The van der Waals surface area contributed by atoms with Crippen molar-refractivity contribution in [3.63, 3.8) is 0 Å². The number of carbonyl (C=O) groups is 1. The Balaban J connectivity index is 1.54. The van der Waals surface area contributed by atoms with Crippen molar-refractivity contribution in [3.05, 3.63) is 64.0 Å². The Labute approximate surface area is 186 Å². The van der Waals surface area contributed by atoms with Crippen LogP contribution in [-0.2, 0) is 11.2 Å². The molecule has 1 amide bonds. The number of rotatable bonds is 9. The van der Waals surface area contributed by atoms with Crippen LogP contribution in [0.2, 0.25) is 0 Å². The number of methoxy groups -OCH3 is 3. The van der Waals surface area contributed by atoms with Gasteiger partial charge >= 0.3 is 0 Å². The SMILES string of the molecule is COc1cc(/C=C/C(=O)NCCc2ccc(-c3csc(C)n3)cc2)cc(OC)c1OC. The maximum absolute atomic E-state index is 12.2. The minimum Gasteiger partial charge on any atom is -0.493 e. The molecule has 0 saturated carbocycles. The fourth-order valence-electron chi connectivity index (χ4n) is 3.10. The summed E-state index contributed by atoms with van der Waals surface area (Å²) in [5.41, 5.74) is 4.03. The van der Waals surface area contributed by atoms with Crippen LogP contribution in [0.15, 0.2) is 47.9 Å². The Kier molecular flexibility index (Phi) is 7.67. The third-order valence-corrected chi connectivity index (χ3v) is 5.47. The Hall–Kier alpha value is -3.32. The summed E-state index contributed by atoms with van der Waals surface area (Å²) in [6, 6.07) is 11.9. The number of amides is 1. The Morgan fingerprint density at radius 3 is 2.29 bits per heavy atom. The molecular formula is C24H26N2O4S. The first-order chi connectivity index (χ1) is 15.0. The fourth-order valence-corrected chi connectivity index (χ4v) is 3.72. The second-order valence-corrected chi connectivity index (χ2v) is 7.84. The van der Waals surface area contributed by atoms with Crippen molar-refractivity contribution in [2.24, 2.45) is 0 Å². The minimum absolute atomic E-state index is 0.164. The summed E-state index contributed by atoms with van der Waals surface area (Å²) in [4.78, 5) is 16.7. The summed E-state index contributed by atoms with van der Waals surface area (Å²) in [5.74, 6) is 1.43. The molecule has 3 rings (SSSR count). The van der Waals surface area contributed by atoms with Gasteiger partial charge in [0.15, 0.2) is 11.5 Å². The van der Waals surface area contributed by atoms with Crippen molar-refractivity contribution in [3.8, 4) is 28.5 Å². The number of aromatic nitrogens is 1. The lowest BCUT2D eigenvalue weighted by Crippen LogP contribution is -2.23. The first-order valence-corrected chi connectivity index (χ1v) is 10.7. The standard InChI is InChI=1S/C24H26N2O4S/c1-16-26-20(15-31-16)19-8-5-17(6-9-19)11-12-25-23(27)10-7-18-13-21(28-2)24(30-4)22(14-18)29-3/h5-10,13-15H,11-12H2,1-4H3,(H,25,27)/b10-7+. The lowest BCUT2D eigenvalue weighted by molar-refractivity contribution is -0.116. The second-order valence-electron chi connectivity index (χ2n) is 6.78. The van der Waals surface area contributed by atoms with Gasteiger partial charge in [-0.25, -0.2) is 4.98 Å². The molecule has 0 spiro atoms. The van der Waals surface area contributed by atoms with E-state index in [2.05, 4.69) is 39.9 Å². The van der Waals surface area contributed by atoms with E-state index >= 15 is 0 Å². The van der Waals surface area contributed by atoms with Crippen LogP contribution < -0.4 is 19.5 Å². The topological polar surface area (TPSA) is 69.7 Å². The van der Waals surface area contributed by atoms with Crippen LogP contribution in [0.5, 0.6) is 17.2 Å². The molecule has 3 aromatic rings. The van der Waals surface area contributed by atoms with E-state index in [-0.39, 0.29) is 5.91 Å².